The van der Waals surface area contributed by atoms with Gasteiger partial charge in [0.1, 0.15) is 9.75 Å². The summed E-state index contributed by atoms with van der Waals surface area (Å²) in [7, 11) is -5.17. The van der Waals surface area contributed by atoms with Gasteiger partial charge in [0, 0.05) is 22.2 Å². The van der Waals surface area contributed by atoms with E-state index in [1.165, 1.54) is 0 Å². The van der Waals surface area contributed by atoms with Crippen LogP contribution >= 0.6 is 81.2 Å². The molecule has 0 aromatic rings. The predicted molar refractivity (Wildman–Crippen MR) is 86.6 cm³/mol. The van der Waals surface area contributed by atoms with Crippen molar-refractivity contribution in [1.29, 1.82) is 0 Å². The Labute approximate surface area is 180 Å². The fourth-order valence-electron chi connectivity index (χ4n) is 3.08. The Morgan fingerprint density at radius 1 is 0.957 bits per heavy atom. The summed E-state index contributed by atoms with van der Waals surface area (Å²) in [6, 6.07) is 0. The smallest absolute Gasteiger partial charge is 0.759 e. The van der Waals surface area contributed by atoms with Crippen LogP contribution in [0.5, 0.6) is 0 Å². The van der Waals surface area contributed by atoms with Crippen LogP contribution in [-0.2, 0) is 29.9 Å². The van der Waals surface area contributed by atoms with Gasteiger partial charge in [0.2, 0.25) is 0 Å². The minimum absolute atomic E-state index is 0. The summed E-state index contributed by atoms with van der Waals surface area (Å²) in [5.41, 5.74) is 0. The third-order valence-electron chi connectivity index (χ3n) is 3.90. The summed E-state index contributed by atoms with van der Waals surface area (Å²) < 4.78 is 32.6. The molecule has 2 bridgehead atoms. The molecule has 0 spiro atoms. The quantitative estimate of drug-likeness (QED) is 0.155. The fourth-order valence-corrected chi connectivity index (χ4v) is 6.60. The molecule has 0 aromatic heterocycles. The summed E-state index contributed by atoms with van der Waals surface area (Å²) in [4.78, 5) is -2.45. The Balaban J connectivity index is 0.000000390. The van der Waals surface area contributed by atoms with E-state index in [9.17, 15) is 0 Å². The predicted octanol–water partition coefficient (Wildman–Crippen LogP) is 3.90. The maximum Gasteiger partial charge on any atom is 2.00 e. The molecule has 126 valence electrons. The molecule has 0 radical (unpaired) electrons. The minimum atomic E-state index is -5.17. The van der Waals surface area contributed by atoms with Crippen LogP contribution in [-0.4, -0.2) is 37.0 Å². The average Bonchev–Trinajstić information content (AvgIpc) is 2.82. The topological polar surface area (TPSA) is 80.3 Å². The first-order valence-corrected chi connectivity index (χ1v) is 9.55. The van der Waals surface area contributed by atoms with E-state index in [0.717, 1.165) is 0 Å². The van der Waals surface area contributed by atoms with Gasteiger partial charge in [-0.25, -0.2) is 0 Å². The van der Waals surface area contributed by atoms with Crippen molar-refractivity contribution in [3.63, 3.8) is 0 Å². The Morgan fingerprint density at radius 3 is 1.78 bits per heavy atom. The molecule has 0 aromatic carbocycles. The molecule has 23 heavy (non-hydrogen) atoms. The van der Waals surface area contributed by atoms with E-state index in [2.05, 4.69) is 0 Å². The zero-order valence-electron chi connectivity index (χ0n) is 10.8. The van der Waals surface area contributed by atoms with Crippen LogP contribution in [0.2, 0.25) is 0 Å². The maximum absolute atomic E-state index is 8.52. The van der Waals surface area contributed by atoms with Crippen molar-refractivity contribution in [1.82, 2.24) is 0 Å². The third-order valence-corrected chi connectivity index (χ3v) is 8.61. The first-order chi connectivity index (χ1) is 9.70. The molecule has 13 heteroatoms. The van der Waals surface area contributed by atoms with Gasteiger partial charge in [0.25, 0.3) is 0 Å². The van der Waals surface area contributed by atoms with Gasteiger partial charge < -0.3 is 9.11 Å². The molecular weight excluding hydrogens is 530 g/mol. The van der Waals surface area contributed by atoms with Crippen molar-refractivity contribution in [2.45, 2.75) is 19.5 Å². The normalized spacial score (nSPS) is 42.9. The molecule has 1 saturated carbocycles. The average molecular weight is 535 g/mol. The zero-order chi connectivity index (χ0) is 17.3. The van der Waals surface area contributed by atoms with Gasteiger partial charge in [0.05, 0.1) is 15.4 Å². The molecule has 4 nitrogen and oxygen atoms in total. The van der Waals surface area contributed by atoms with Crippen LogP contribution in [0.25, 0.3) is 0 Å². The number of allylic oxidation sites excluding steroid dienone is 4. The Bertz CT molecular complexity index is 673. The fraction of sp³-hybridized carbons (Fsp3) is 0.600. The second-order valence-corrected chi connectivity index (χ2v) is 9.51. The SMILES string of the molecule is ClC1=C(Cl)C2(Cl)C3C(Cl)C=CC3C1(Cl)C2(Cl)Cl.O=S(=O)([O-])[O-].[Zn+2]. The van der Waals surface area contributed by atoms with Crippen molar-refractivity contribution >= 4 is 91.6 Å². The van der Waals surface area contributed by atoms with E-state index in [1.807, 2.05) is 12.2 Å². The summed E-state index contributed by atoms with van der Waals surface area (Å²) in [5.74, 6) is -0.470. The van der Waals surface area contributed by atoms with Gasteiger partial charge in [-0.15, -0.1) is 34.8 Å². The van der Waals surface area contributed by atoms with E-state index in [0.29, 0.717) is 0 Å². The number of halogens is 7. The van der Waals surface area contributed by atoms with Crippen molar-refractivity contribution in [3.8, 4) is 0 Å². The number of hydrogen-bond donors (Lipinski definition) is 0. The second kappa shape index (κ2) is 6.87. The molecule has 5 atom stereocenters. The van der Waals surface area contributed by atoms with E-state index < -0.39 is 24.5 Å². The molecular formula is C10H5Cl7O4SZn. The van der Waals surface area contributed by atoms with Gasteiger partial charge in [-0.05, 0) is 0 Å². The molecule has 0 aliphatic heterocycles. The van der Waals surface area contributed by atoms with Gasteiger partial charge in [-0.2, -0.15) is 0 Å². The molecule has 0 saturated heterocycles. The Morgan fingerprint density at radius 2 is 1.35 bits per heavy atom. The standard InChI is InChI=1S/C10H5Cl7.H2O4S.Zn/c11-4-2-1-3-5(4)9(15)7(13)6(12)8(3,14)10(9,16)17;1-5(2,3)4;/h1-5H;(H2,1,2,3,4);/q;;+2/p-2. The number of hydrogen-bond acceptors (Lipinski definition) is 4. The third kappa shape index (κ3) is 3.12. The van der Waals surface area contributed by atoms with E-state index in [-0.39, 0.29) is 46.8 Å². The molecule has 3 aliphatic carbocycles. The largest absolute Gasteiger partial charge is 2.00 e. The van der Waals surface area contributed by atoms with Crippen molar-refractivity contribution in [3.05, 3.63) is 22.2 Å². The summed E-state index contributed by atoms with van der Waals surface area (Å²) in [6.07, 6.45) is 3.69. The summed E-state index contributed by atoms with van der Waals surface area (Å²) in [6.45, 7) is 0. The molecule has 5 unspecified atom stereocenters. The first kappa shape index (κ1) is 23.0. The molecule has 3 aliphatic rings. The van der Waals surface area contributed by atoms with E-state index >= 15 is 0 Å². The zero-order valence-corrected chi connectivity index (χ0v) is 19.9. The summed E-state index contributed by atoms with van der Waals surface area (Å²) in [5, 5.41) is 0.113. The van der Waals surface area contributed by atoms with Crippen molar-refractivity contribution in [2.75, 3.05) is 0 Å². The van der Waals surface area contributed by atoms with E-state index in [4.69, 9.17) is 98.7 Å². The first-order valence-electron chi connectivity index (χ1n) is 5.51. The number of rotatable bonds is 0. The summed E-state index contributed by atoms with van der Waals surface area (Å²) >= 11 is 44.5. The van der Waals surface area contributed by atoms with Crippen LogP contribution in [0.15, 0.2) is 22.2 Å². The van der Waals surface area contributed by atoms with Crippen molar-refractivity contribution in [2.24, 2.45) is 11.8 Å². The van der Waals surface area contributed by atoms with Gasteiger partial charge >= 0.3 is 19.5 Å². The van der Waals surface area contributed by atoms with Crippen LogP contribution < -0.4 is 0 Å². The van der Waals surface area contributed by atoms with Crippen LogP contribution in [0.1, 0.15) is 0 Å². The Hall–Kier alpha value is 2.00. The molecule has 0 heterocycles. The van der Waals surface area contributed by atoms with Crippen LogP contribution in [0, 0.1) is 11.8 Å². The monoisotopic (exact) mass is 530 g/mol. The molecule has 0 N–H and O–H groups in total. The molecule has 3 rings (SSSR count). The minimum Gasteiger partial charge on any atom is -0.759 e. The second-order valence-electron chi connectivity index (χ2n) is 4.92. The van der Waals surface area contributed by atoms with Crippen LogP contribution in [0.3, 0.4) is 0 Å². The molecule has 0 amide bonds. The van der Waals surface area contributed by atoms with Gasteiger partial charge in [-0.1, -0.05) is 58.6 Å². The van der Waals surface area contributed by atoms with Crippen LogP contribution in [0.4, 0.5) is 0 Å². The molecule has 1 fully saturated rings. The van der Waals surface area contributed by atoms with Gasteiger partial charge in [-0.3, -0.25) is 8.42 Å². The number of alkyl halides is 5. The van der Waals surface area contributed by atoms with Gasteiger partial charge in [0.15, 0.2) is 4.33 Å². The van der Waals surface area contributed by atoms with Crippen molar-refractivity contribution < 1.29 is 37.0 Å². The van der Waals surface area contributed by atoms with E-state index in [1.54, 1.807) is 0 Å². The number of fused-ring (bicyclic) bond motifs is 5. The maximum atomic E-state index is 8.52. The Kier molecular flexibility index (Phi) is 6.88.